The molecule has 3 heterocycles. The number of guanidine groups is 1. The van der Waals surface area contributed by atoms with Crippen LogP contribution in [-0.4, -0.2) is 50.8 Å². The van der Waals surface area contributed by atoms with E-state index in [0.717, 1.165) is 6.42 Å². The zero-order valence-electron chi connectivity index (χ0n) is 13.7. The van der Waals surface area contributed by atoms with Crippen LogP contribution in [0.25, 0.3) is 0 Å². The Kier molecular flexibility index (Phi) is 4.69. The lowest BCUT2D eigenvalue weighted by atomic mass is 9.99. The molecule has 4 N–H and O–H groups in total. The summed E-state index contributed by atoms with van der Waals surface area (Å²) in [5, 5.41) is 13.7. The Bertz CT molecular complexity index is 645. The van der Waals surface area contributed by atoms with Crippen LogP contribution in [0.4, 0.5) is 5.82 Å². The molecule has 3 atom stereocenters. The smallest absolute Gasteiger partial charge is 0.320 e. The second kappa shape index (κ2) is 6.75. The molecule has 132 valence electrons. The lowest BCUT2D eigenvalue weighted by Crippen LogP contribution is -2.43. The Labute approximate surface area is 139 Å². The second-order valence-corrected chi connectivity index (χ2v) is 5.87. The zero-order valence-corrected chi connectivity index (χ0v) is 13.7. The highest BCUT2D eigenvalue weighted by molar-refractivity contribution is 5.83. The number of nitrogens with one attached hydrogen (secondary N) is 1. The molecule has 24 heavy (non-hydrogen) atoms. The molecule has 3 rings (SSSR count). The topological polar surface area (TPSA) is 130 Å². The van der Waals surface area contributed by atoms with Crippen molar-refractivity contribution in [3.05, 3.63) is 12.0 Å². The Morgan fingerprint density at radius 3 is 3.12 bits per heavy atom. The number of hydrogen-bond acceptors (Lipinski definition) is 8. The zero-order chi connectivity index (χ0) is 17.3. The van der Waals surface area contributed by atoms with Crippen molar-refractivity contribution in [2.75, 3.05) is 13.2 Å². The molecule has 0 aliphatic carbocycles. The first-order chi connectivity index (χ1) is 11.5. The highest BCUT2D eigenvalue weighted by atomic mass is 16.8. The van der Waals surface area contributed by atoms with Gasteiger partial charge in [0.2, 0.25) is 12.2 Å². The number of rotatable bonds is 9. The number of hydrogen-bond donors (Lipinski definition) is 3. The first-order valence-corrected chi connectivity index (χ1v) is 7.92. The van der Waals surface area contributed by atoms with Gasteiger partial charge in [0, 0.05) is 6.54 Å². The Balaban J connectivity index is 1.46. The number of ether oxygens (including phenoxy) is 1. The van der Waals surface area contributed by atoms with Gasteiger partial charge in [-0.2, -0.15) is 10.1 Å². The summed E-state index contributed by atoms with van der Waals surface area (Å²) in [5.74, 6) is 0.143. The molecule has 2 aliphatic heterocycles. The highest BCUT2D eigenvalue weighted by Crippen LogP contribution is 2.44. The van der Waals surface area contributed by atoms with E-state index in [4.69, 9.17) is 15.3 Å². The molecule has 1 fully saturated rings. The molecule has 0 spiro atoms. The van der Waals surface area contributed by atoms with E-state index in [1.165, 1.54) is 5.06 Å². The molecule has 2 aliphatic rings. The van der Waals surface area contributed by atoms with Crippen LogP contribution in [0.1, 0.15) is 32.2 Å². The van der Waals surface area contributed by atoms with Gasteiger partial charge in [0.1, 0.15) is 18.5 Å². The average Bonchev–Trinajstić information content (AvgIpc) is 3.27. The monoisotopic (exact) mass is 338 g/mol. The van der Waals surface area contributed by atoms with E-state index in [-0.39, 0.29) is 18.9 Å². The summed E-state index contributed by atoms with van der Waals surface area (Å²) in [5.41, 5.74) is 6.46. The van der Waals surface area contributed by atoms with Crippen molar-refractivity contribution in [2.24, 2.45) is 16.6 Å². The molecule has 0 saturated carbocycles. The predicted octanol–water partition coefficient (Wildman–Crippen LogP) is 0.152. The number of carboxylic acids is 1. The van der Waals surface area contributed by atoms with E-state index in [0.29, 0.717) is 30.6 Å². The third-order valence-corrected chi connectivity index (χ3v) is 4.22. The van der Waals surface area contributed by atoms with Crippen LogP contribution in [0.2, 0.25) is 0 Å². The van der Waals surface area contributed by atoms with E-state index in [1.54, 1.807) is 10.9 Å². The van der Waals surface area contributed by atoms with Crippen molar-refractivity contribution in [2.45, 2.75) is 39.3 Å². The van der Waals surface area contributed by atoms with E-state index in [9.17, 15) is 9.90 Å². The molecule has 1 aromatic heterocycles. The van der Waals surface area contributed by atoms with Crippen LogP contribution in [0, 0.1) is 5.92 Å². The summed E-state index contributed by atoms with van der Waals surface area (Å²) < 4.78 is 7.32. The van der Waals surface area contributed by atoms with Gasteiger partial charge in [-0.15, -0.1) is 0 Å². The van der Waals surface area contributed by atoms with Crippen LogP contribution < -0.4 is 11.1 Å². The van der Waals surface area contributed by atoms with Crippen LogP contribution in [0.15, 0.2) is 11.3 Å². The molecule has 0 bridgehead atoms. The average molecular weight is 338 g/mol. The van der Waals surface area contributed by atoms with Gasteiger partial charge >= 0.3 is 5.97 Å². The number of hydroxylamine groups is 2. The first kappa shape index (κ1) is 16.7. The number of aliphatic carboxylic acids is 1. The standard InChI is InChI=1S/C14H22N6O4/c1-3-8(2)9(13(21)22)16-4-5-23-7-19-6-17-10-11(19)18-14(15)20-12(10)24-20/h6,8-9,12,16H,3-5,7H2,1-2H3,(H2,15,18)(H,21,22)/t8?,9-,12?,20?/m0/s1. The van der Waals surface area contributed by atoms with Gasteiger partial charge in [0.05, 0.1) is 12.9 Å². The van der Waals surface area contributed by atoms with Gasteiger partial charge in [-0.25, -0.2) is 9.82 Å². The summed E-state index contributed by atoms with van der Waals surface area (Å²) in [6, 6.07) is -0.568. The van der Waals surface area contributed by atoms with Gasteiger partial charge in [0.25, 0.3) is 0 Å². The van der Waals surface area contributed by atoms with Crippen molar-refractivity contribution >= 4 is 17.7 Å². The summed E-state index contributed by atoms with van der Waals surface area (Å²) in [7, 11) is 0. The maximum Gasteiger partial charge on any atom is 0.320 e. The quantitative estimate of drug-likeness (QED) is 0.428. The molecular formula is C14H22N6O4. The lowest BCUT2D eigenvalue weighted by molar-refractivity contribution is -0.140. The SMILES string of the molecule is CCC(C)[C@H](NCCOCn1cnc2c1N=C(N)N1OC21)C(=O)O. The third kappa shape index (κ3) is 3.21. The molecule has 1 saturated heterocycles. The van der Waals surface area contributed by atoms with E-state index in [2.05, 4.69) is 15.3 Å². The van der Waals surface area contributed by atoms with Gasteiger partial charge in [-0.1, -0.05) is 20.3 Å². The molecule has 10 heteroatoms. The number of aromatic nitrogens is 2. The summed E-state index contributed by atoms with van der Waals surface area (Å²) in [6.45, 7) is 4.96. The molecule has 0 aromatic carbocycles. The first-order valence-electron chi connectivity index (χ1n) is 7.92. The van der Waals surface area contributed by atoms with E-state index >= 15 is 0 Å². The molecule has 0 radical (unpaired) electrons. The van der Waals surface area contributed by atoms with Gasteiger partial charge in [-0.05, 0) is 5.92 Å². The Morgan fingerprint density at radius 1 is 1.62 bits per heavy atom. The van der Waals surface area contributed by atoms with E-state index in [1.807, 2.05) is 13.8 Å². The minimum absolute atomic E-state index is 0.0574. The maximum absolute atomic E-state index is 11.2. The van der Waals surface area contributed by atoms with Gasteiger partial charge in [0.15, 0.2) is 5.82 Å². The fourth-order valence-corrected chi connectivity index (χ4v) is 2.57. The number of carbonyl (C=O) groups is 1. The van der Waals surface area contributed by atoms with Crippen LogP contribution in [0.5, 0.6) is 0 Å². The number of aliphatic imine (C=N–C) groups is 1. The van der Waals surface area contributed by atoms with E-state index < -0.39 is 12.0 Å². The molecular weight excluding hydrogens is 316 g/mol. The fraction of sp³-hybridized carbons (Fsp3) is 0.643. The number of nitrogens with zero attached hydrogens (tertiary/aromatic N) is 4. The van der Waals surface area contributed by atoms with Gasteiger partial charge in [-0.3, -0.25) is 9.36 Å². The van der Waals surface area contributed by atoms with Crippen LogP contribution in [0.3, 0.4) is 0 Å². The minimum Gasteiger partial charge on any atom is -0.480 e. The number of fused-ring (bicyclic) bond motifs is 3. The highest BCUT2D eigenvalue weighted by Gasteiger charge is 2.47. The fourth-order valence-electron chi connectivity index (χ4n) is 2.57. The molecule has 0 amide bonds. The third-order valence-electron chi connectivity index (χ3n) is 4.22. The summed E-state index contributed by atoms with van der Waals surface area (Å²) in [4.78, 5) is 25.0. The summed E-state index contributed by atoms with van der Waals surface area (Å²) >= 11 is 0. The van der Waals surface area contributed by atoms with Gasteiger partial charge < -0.3 is 20.9 Å². The minimum atomic E-state index is -0.841. The van der Waals surface area contributed by atoms with Crippen LogP contribution in [-0.2, 0) is 21.1 Å². The second-order valence-electron chi connectivity index (χ2n) is 5.87. The normalized spacial score (nSPS) is 20.8. The van der Waals surface area contributed by atoms with Crippen molar-refractivity contribution < 1.29 is 19.5 Å². The van der Waals surface area contributed by atoms with Crippen molar-refractivity contribution in [1.29, 1.82) is 0 Å². The number of carboxylic acid groups (broad SMARTS) is 1. The Morgan fingerprint density at radius 2 is 2.42 bits per heavy atom. The molecule has 10 nitrogen and oxygen atoms in total. The summed E-state index contributed by atoms with van der Waals surface area (Å²) in [6.07, 6.45) is 2.18. The van der Waals surface area contributed by atoms with Crippen molar-refractivity contribution in [3.63, 3.8) is 0 Å². The largest absolute Gasteiger partial charge is 0.480 e. The molecule has 2 unspecified atom stereocenters. The van der Waals surface area contributed by atoms with Crippen LogP contribution >= 0.6 is 0 Å². The lowest BCUT2D eigenvalue weighted by Gasteiger charge is -2.20. The predicted molar refractivity (Wildman–Crippen MR) is 84.0 cm³/mol. The number of nitrogens with two attached hydrogens (primary N) is 1. The van der Waals surface area contributed by atoms with Crippen molar-refractivity contribution in [1.82, 2.24) is 19.9 Å². The maximum atomic E-state index is 11.2. The Hall–Kier alpha value is -2.17. The molecule has 1 aromatic rings. The number of imidazole rings is 1. The van der Waals surface area contributed by atoms with Crippen molar-refractivity contribution in [3.8, 4) is 0 Å².